The molecular weight excluding hydrogens is 444 g/mol. The van der Waals surface area contributed by atoms with Crippen LogP contribution in [0.1, 0.15) is 177 Å². The number of hydrogen-bond donors (Lipinski definition) is 0. The van der Waals surface area contributed by atoms with Crippen molar-refractivity contribution in [1.29, 1.82) is 0 Å². The Morgan fingerprint density at radius 3 is 1.32 bits per heavy atom. The third-order valence-electron chi connectivity index (χ3n) is 9.04. The molecule has 0 spiro atoms. The lowest BCUT2D eigenvalue weighted by Gasteiger charge is -2.37. The first-order chi connectivity index (χ1) is 17.6. The maximum atomic E-state index is 4.42. The number of rotatable bonds is 23. The second-order valence-electron chi connectivity index (χ2n) is 13.9. The molecule has 0 saturated heterocycles. The smallest absolute Gasteiger partial charge is 0.0181 e. The molecule has 0 aromatic rings. The van der Waals surface area contributed by atoms with Crippen molar-refractivity contribution in [2.45, 2.75) is 177 Å². The van der Waals surface area contributed by atoms with Crippen LogP contribution >= 0.6 is 0 Å². The Kier molecular flexibility index (Phi) is 17.9. The van der Waals surface area contributed by atoms with Gasteiger partial charge < -0.3 is 0 Å². The van der Waals surface area contributed by atoms with Gasteiger partial charge in [-0.1, -0.05) is 171 Å². The van der Waals surface area contributed by atoms with E-state index in [9.17, 15) is 0 Å². The summed E-state index contributed by atoms with van der Waals surface area (Å²) in [5.41, 5.74) is 6.11. The van der Waals surface area contributed by atoms with E-state index in [2.05, 4.69) is 61.6 Å². The summed E-state index contributed by atoms with van der Waals surface area (Å²) in [5.74, 6) is 2.22. The fourth-order valence-corrected chi connectivity index (χ4v) is 6.51. The van der Waals surface area contributed by atoms with E-state index in [1.165, 1.54) is 140 Å². The molecule has 0 aliphatic heterocycles. The van der Waals surface area contributed by atoms with Gasteiger partial charge in [-0.25, -0.2) is 0 Å². The summed E-state index contributed by atoms with van der Waals surface area (Å²) < 4.78 is 0. The molecule has 1 aliphatic carbocycles. The maximum absolute atomic E-state index is 4.42. The zero-order valence-electron chi connectivity index (χ0n) is 26.8. The second kappa shape index (κ2) is 19.3. The molecule has 0 amide bonds. The van der Waals surface area contributed by atoms with Gasteiger partial charge in [-0.2, -0.15) is 0 Å². The van der Waals surface area contributed by atoms with Gasteiger partial charge in [0.2, 0.25) is 0 Å². The van der Waals surface area contributed by atoms with E-state index in [-0.39, 0.29) is 0 Å². The first kappa shape index (κ1) is 34.2. The van der Waals surface area contributed by atoms with Crippen LogP contribution in [0.3, 0.4) is 0 Å². The van der Waals surface area contributed by atoms with Crippen molar-refractivity contribution in [3.05, 3.63) is 35.5 Å². The van der Waals surface area contributed by atoms with Crippen molar-refractivity contribution in [3.63, 3.8) is 0 Å². The molecular formula is C37H68. The summed E-state index contributed by atoms with van der Waals surface area (Å²) in [6, 6.07) is 0. The van der Waals surface area contributed by atoms with Gasteiger partial charge >= 0.3 is 0 Å². The van der Waals surface area contributed by atoms with Gasteiger partial charge in [0.15, 0.2) is 0 Å². The summed E-state index contributed by atoms with van der Waals surface area (Å²) >= 11 is 0. The molecule has 0 nitrogen and oxygen atoms in total. The molecule has 1 aliphatic rings. The third-order valence-corrected chi connectivity index (χ3v) is 9.04. The van der Waals surface area contributed by atoms with Crippen LogP contribution in [0, 0.1) is 23.2 Å². The predicted molar refractivity (Wildman–Crippen MR) is 170 cm³/mol. The average molecular weight is 513 g/mol. The maximum Gasteiger partial charge on any atom is -0.0181 e. The molecule has 0 heterocycles. The molecule has 0 aromatic heterocycles. The van der Waals surface area contributed by atoms with Gasteiger partial charge in [-0.3, -0.25) is 0 Å². The second-order valence-corrected chi connectivity index (χ2v) is 13.9. The van der Waals surface area contributed by atoms with Crippen LogP contribution in [-0.2, 0) is 0 Å². The van der Waals surface area contributed by atoms with Crippen molar-refractivity contribution in [1.82, 2.24) is 0 Å². The summed E-state index contributed by atoms with van der Waals surface area (Å²) in [5, 5.41) is 0. The normalized spacial score (nSPS) is 16.0. The molecule has 2 unspecified atom stereocenters. The highest BCUT2D eigenvalue weighted by molar-refractivity contribution is 5.68. The van der Waals surface area contributed by atoms with E-state index in [0.29, 0.717) is 17.3 Å². The van der Waals surface area contributed by atoms with Crippen LogP contribution in [0.4, 0.5) is 0 Å². The molecule has 0 heteroatoms. The van der Waals surface area contributed by atoms with Crippen LogP contribution in [-0.4, -0.2) is 0 Å². The van der Waals surface area contributed by atoms with E-state index in [1.54, 1.807) is 11.1 Å². The Hall–Kier alpha value is -0.780. The fourth-order valence-electron chi connectivity index (χ4n) is 6.51. The monoisotopic (exact) mass is 513 g/mol. The number of unbranched alkanes of at least 4 members (excludes halogenated alkanes) is 10. The van der Waals surface area contributed by atoms with Crippen LogP contribution in [0.5, 0.6) is 0 Å². The summed E-state index contributed by atoms with van der Waals surface area (Å²) in [6.07, 6.45) is 28.1. The highest BCUT2D eigenvalue weighted by Gasteiger charge is 2.32. The predicted octanol–water partition coefficient (Wildman–Crippen LogP) is 13.2. The van der Waals surface area contributed by atoms with Gasteiger partial charge in [-0.05, 0) is 64.7 Å². The lowest BCUT2D eigenvalue weighted by molar-refractivity contribution is 0.348. The molecule has 0 fully saturated rings. The standard InChI is InChI=1S/C37H68/c1-10-12-14-16-18-20-26-34(27-21-19-17-15-13-11-2)28-22-24-30(3)35-32(5)33(6)36(35)31(4)25-23-29-37(7,8)9/h30-31,34H,5-6,10-29H2,1-4,7-9H3. The van der Waals surface area contributed by atoms with Gasteiger partial charge in [-0.15, -0.1) is 0 Å². The number of allylic oxidation sites excluding steroid dienone is 4. The van der Waals surface area contributed by atoms with E-state index in [0.717, 1.165) is 5.92 Å². The molecule has 0 bridgehead atoms. The minimum absolute atomic E-state index is 0.437. The molecule has 0 radical (unpaired) electrons. The fraction of sp³-hybridized carbons (Fsp3) is 0.838. The third kappa shape index (κ3) is 14.3. The quantitative estimate of drug-likeness (QED) is 0.119. The highest BCUT2D eigenvalue weighted by atomic mass is 14.4. The molecule has 37 heavy (non-hydrogen) atoms. The first-order valence-electron chi connectivity index (χ1n) is 16.7. The summed E-state index contributed by atoms with van der Waals surface area (Å²) in [7, 11) is 0. The Morgan fingerprint density at radius 1 is 0.514 bits per heavy atom. The molecule has 2 atom stereocenters. The summed E-state index contributed by atoms with van der Waals surface area (Å²) in [6.45, 7) is 25.4. The number of hydrogen-bond acceptors (Lipinski definition) is 0. The highest BCUT2D eigenvalue weighted by Crippen LogP contribution is 2.48. The Balaban J connectivity index is 2.56. The van der Waals surface area contributed by atoms with E-state index in [1.807, 2.05) is 0 Å². The molecule has 1 rings (SSSR count). The minimum Gasteiger partial charge on any atom is -0.0909 e. The van der Waals surface area contributed by atoms with Crippen molar-refractivity contribution >= 4 is 0 Å². The van der Waals surface area contributed by atoms with Crippen LogP contribution in [0.15, 0.2) is 35.5 Å². The lowest BCUT2D eigenvalue weighted by atomic mass is 9.67. The van der Waals surface area contributed by atoms with Gasteiger partial charge in [0, 0.05) is 0 Å². The van der Waals surface area contributed by atoms with E-state index < -0.39 is 0 Å². The summed E-state index contributed by atoms with van der Waals surface area (Å²) in [4.78, 5) is 0. The molecule has 0 saturated carbocycles. The van der Waals surface area contributed by atoms with Crippen molar-refractivity contribution in [2.24, 2.45) is 23.2 Å². The zero-order valence-corrected chi connectivity index (χ0v) is 26.8. The van der Waals surface area contributed by atoms with Crippen molar-refractivity contribution in [2.75, 3.05) is 0 Å². The van der Waals surface area contributed by atoms with E-state index in [4.69, 9.17) is 0 Å². The molecule has 0 aromatic carbocycles. The average Bonchev–Trinajstić information content (AvgIpc) is 2.84. The van der Waals surface area contributed by atoms with Gasteiger partial charge in [0.05, 0.1) is 0 Å². The van der Waals surface area contributed by atoms with Gasteiger partial charge in [0.25, 0.3) is 0 Å². The largest absolute Gasteiger partial charge is 0.0909 e. The minimum atomic E-state index is 0.437. The first-order valence-corrected chi connectivity index (χ1v) is 16.7. The Morgan fingerprint density at radius 2 is 0.892 bits per heavy atom. The Bertz CT molecular complexity index is 638. The lowest BCUT2D eigenvalue weighted by Crippen LogP contribution is -2.22. The molecule has 216 valence electrons. The molecule has 0 N–H and O–H groups in total. The topological polar surface area (TPSA) is 0 Å². The Labute approximate surface area is 235 Å². The van der Waals surface area contributed by atoms with Gasteiger partial charge in [0.1, 0.15) is 0 Å². The zero-order chi connectivity index (χ0) is 27.7. The van der Waals surface area contributed by atoms with Crippen LogP contribution in [0.25, 0.3) is 0 Å². The van der Waals surface area contributed by atoms with Crippen LogP contribution < -0.4 is 0 Å². The van der Waals surface area contributed by atoms with Crippen molar-refractivity contribution < 1.29 is 0 Å². The SMILES string of the molecule is C=C1C(=C)C(C(C)CCCC(C)(C)C)=C1C(C)CCCC(CCCCCCCC)CCCCCCCC. The van der Waals surface area contributed by atoms with Crippen molar-refractivity contribution in [3.8, 4) is 0 Å². The van der Waals surface area contributed by atoms with E-state index >= 15 is 0 Å². The van der Waals surface area contributed by atoms with Crippen LogP contribution in [0.2, 0.25) is 0 Å².